The highest BCUT2D eigenvalue weighted by Gasteiger charge is 2.09. The topological polar surface area (TPSA) is 71.4 Å². The fraction of sp³-hybridized carbons (Fsp3) is 0.118. The molecule has 23 heavy (non-hydrogen) atoms. The second-order valence-corrected chi connectivity index (χ2v) is 5.48. The van der Waals surface area contributed by atoms with Gasteiger partial charge < -0.3 is 5.32 Å². The number of aromatic nitrogens is 5. The van der Waals surface area contributed by atoms with Crippen LogP contribution in [0.1, 0.15) is 11.3 Å². The van der Waals surface area contributed by atoms with Crippen LogP contribution in [0.3, 0.4) is 0 Å². The molecule has 0 aliphatic rings. The van der Waals surface area contributed by atoms with Gasteiger partial charge in [0.2, 0.25) is 0 Å². The van der Waals surface area contributed by atoms with Crippen LogP contribution in [0.25, 0.3) is 10.9 Å². The third-order valence-corrected chi connectivity index (χ3v) is 3.71. The molecule has 3 heterocycles. The summed E-state index contributed by atoms with van der Waals surface area (Å²) in [6.45, 7) is 0. The molecular weight excluding hydrogens is 288 g/mol. The van der Waals surface area contributed by atoms with Crippen LogP contribution in [0, 0.1) is 0 Å². The van der Waals surface area contributed by atoms with Gasteiger partial charge in [0, 0.05) is 31.1 Å². The van der Waals surface area contributed by atoms with E-state index in [1.165, 1.54) is 5.56 Å². The number of benzene rings is 1. The fourth-order valence-electron chi connectivity index (χ4n) is 2.63. The lowest BCUT2D eigenvalue weighted by atomic mass is 10.1. The Bertz CT molecular complexity index is 938. The summed E-state index contributed by atoms with van der Waals surface area (Å²) in [5.74, 6) is 0.778. The summed E-state index contributed by atoms with van der Waals surface area (Å²) < 4.78 is 1.75. The van der Waals surface area contributed by atoms with E-state index in [-0.39, 0.29) is 0 Å². The SMILES string of the molecule is Cn1cc(Nc2cc3[nH]ncc3c(Cc3ccccc3)n2)cn1. The second-order valence-electron chi connectivity index (χ2n) is 5.48. The first-order chi connectivity index (χ1) is 11.3. The van der Waals surface area contributed by atoms with E-state index >= 15 is 0 Å². The lowest BCUT2D eigenvalue weighted by molar-refractivity contribution is 0.768. The van der Waals surface area contributed by atoms with Gasteiger partial charge >= 0.3 is 0 Å². The summed E-state index contributed by atoms with van der Waals surface area (Å²) in [6.07, 6.45) is 6.28. The molecular formula is C17H16N6. The number of aromatic amines is 1. The zero-order valence-electron chi connectivity index (χ0n) is 12.7. The fourth-order valence-corrected chi connectivity index (χ4v) is 2.63. The Labute approximate surface area is 133 Å². The van der Waals surface area contributed by atoms with Crippen molar-refractivity contribution in [2.45, 2.75) is 6.42 Å². The van der Waals surface area contributed by atoms with Crippen molar-refractivity contribution in [3.63, 3.8) is 0 Å². The molecule has 1 aromatic carbocycles. The Morgan fingerprint density at radius 1 is 1.17 bits per heavy atom. The lowest BCUT2D eigenvalue weighted by Crippen LogP contribution is -1.99. The maximum atomic E-state index is 4.76. The molecule has 0 saturated carbocycles. The standard InChI is InChI=1S/C17H16N6/c1-23-11-13(9-19-23)20-17-8-16-14(10-18-22-16)15(21-17)7-12-5-3-2-4-6-12/h2-6,8-11H,7H2,1H3,(H,18,22)(H,20,21). The first-order valence-corrected chi connectivity index (χ1v) is 7.40. The van der Waals surface area contributed by atoms with Gasteiger partial charge in [-0.05, 0) is 5.56 Å². The first-order valence-electron chi connectivity index (χ1n) is 7.40. The third kappa shape index (κ3) is 2.78. The summed E-state index contributed by atoms with van der Waals surface area (Å²) in [5, 5.41) is 15.7. The highest BCUT2D eigenvalue weighted by Crippen LogP contribution is 2.23. The molecule has 0 amide bonds. The second kappa shape index (κ2) is 5.57. The van der Waals surface area contributed by atoms with Gasteiger partial charge in [0.15, 0.2) is 0 Å². The quantitative estimate of drug-likeness (QED) is 0.608. The van der Waals surface area contributed by atoms with E-state index in [0.29, 0.717) is 0 Å². The Hall–Kier alpha value is -3.15. The maximum absolute atomic E-state index is 4.76. The molecule has 0 atom stereocenters. The summed E-state index contributed by atoms with van der Waals surface area (Å²) in [6, 6.07) is 12.3. The predicted molar refractivity (Wildman–Crippen MR) is 89.6 cm³/mol. The average Bonchev–Trinajstić information content (AvgIpc) is 3.17. The Balaban J connectivity index is 1.72. The van der Waals surface area contributed by atoms with Gasteiger partial charge in [-0.3, -0.25) is 9.78 Å². The highest BCUT2D eigenvalue weighted by atomic mass is 15.3. The van der Waals surface area contributed by atoms with Crippen molar-refractivity contribution in [1.29, 1.82) is 0 Å². The smallest absolute Gasteiger partial charge is 0.132 e. The van der Waals surface area contributed by atoms with Gasteiger partial charge in [0.05, 0.1) is 29.3 Å². The molecule has 0 aliphatic heterocycles. The van der Waals surface area contributed by atoms with Gasteiger partial charge in [-0.2, -0.15) is 10.2 Å². The van der Waals surface area contributed by atoms with Crippen molar-refractivity contribution in [1.82, 2.24) is 25.0 Å². The number of H-pyrrole nitrogens is 1. The van der Waals surface area contributed by atoms with Crippen LogP contribution in [0.15, 0.2) is 55.0 Å². The first kappa shape index (κ1) is 13.5. The van der Waals surface area contributed by atoms with E-state index in [4.69, 9.17) is 4.98 Å². The van der Waals surface area contributed by atoms with Crippen molar-refractivity contribution in [2.75, 3.05) is 5.32 Å². The number of nitrogens with one attached hydrogen (secondary N) is 2. The molecule has 6 nitrogen and oxygen atoms in total. The minimum absolute atomic E-state index is 0.763. The third-order valence-electron chi connectivity index (χ3n) is 3.71. The van der Waals surface area contributed by atoms with E-state index < -0.39 is 0 Å². The van der Waals surface area contributed by atoms with Crippen LogP contribution >= 0.6 is 0 Å². The number of hydrogen-bond acceptors (Lipinski definition) is 4. The largest absolute Gasteiger partial charge is 0.338 e. The minimum Gasteiger partial charge on any atom is -0.338 e. The number of aryl methyl sites for hydroxylation is 1. The summed E-state index contributed by atoms with van der Waals surface area (Å²) in [5.41, 5.74) is 4.09. The minimum atomic E-state index is 0.763. The predicted octanol–water partition coefficient (Wildman–Crippen LogP) is 3.03. The van der Waals surface area contributed by atoms with Crippen LogP contribution in [-0.2, 0) is 13.5 Å². The maximum Gasteiger partial charge on any atom is 0.132 e. The molecule has 0 radical (unpaired) electrons. The van der Waals surface area contributed by atoms with Gasteiger partial charge in [-0.15, -0.1) is 0 Å². The van der Waals surface area contributed by atoms with Gasteiger partial charge in [0.25, 0.3) is 0 Å². The molecule has 0 saturated heterocycles. The molecule has 114 valence electrons. The molecule has 0 unspecified atom stereocenters. The molecule has 4 rings (SSSR count). The monoisotopic (exact) mass is 304 g/mol. The van der Waals surface area contributed by atoms with Gasteiger partial charge in [-0.25, -0.2) is 4.98 Å². The van der Waals surface area contributed by atoms with Crippen LogP contribution in [0.2, 0.25) is 0 Å². The van der Waals surface area contributed by atoms with Crippen LogP contribution in [0.5, 0.6) is 0 Å². The zero-order valence-corrected chi connectivity index (χ0v) is 12.7. The number of hydrogen-bond donors (Lipinski definition) is 2. The normalized spacial score (nSPS) is 11.0. The summed E-state index contributed by atoms with van der Waals surface area (Å²) in [4.78, 5) is 4.76. The van der Waals surface area contributed by atoms with Crippen molar-refractivity contribution in [3.8, 4) is 0 Å². The number of fused-ring (bicyclic) bond motifs is 1. The average molecular weight is 304 g/mol. The number of anilines is 2. The molecule has 6 heteroatoms. The van der Waals surface area contributed by atoms with Crippen molar-refractivity contribution < 1.29 is 0 Å². The molecule has 3 aromatic heterocycles. The van der Waals surface area contributed by atoms with E-state index in [1.54, 1.807) is 10.9 Å². The zero-order chi connectivity index (χ0) is 15.6. The van der Waals surface area contributed by atoms with Crippen molar-refractivity contribution in [3.05, 3.63) is 66.2 Å². The van der Waals surface area contributed by atoms with E-state index in [0.717, 1.165) is 34.5 Å². The lowest BCUT2D eigenvalue weighted by Gasteiger charge is -2.08. The van der Waals surface area contributed by atoms with E-state index in [1.807, 2.05) is 43.7 Å². The number of pyridine rings is 1. The van der Waals surface area contributed by atoms with E-state index in [9.17, 15) is 0 Å². The van der Waals surface area contributed by atoms with Gasteiger partial charge in [-0.1, -0.05) is 30.3 Å². The Morgan fingerprint density at radius 3 is 2.83 bits per heavy atom. The molecule has 0 aliphatic carbocycles. The van der Waals surface area contributed by atoms with Crippen molar-refractivity contribution >= 4 is 22.4 Å². The van der Waals surface area contributed by atoms with E-state index in [2.05, 4.69) is 32.7 Å². The molecule has 0 fully saturated rings. The van der Waals surface area contributed by atoms with Crippen LogP contribution in [-0.4, -0.2) is 25.0 Å². The summed E-state index contributed by atoms with van der Waals surface area (Å²) in [7, 11) is 1.89. The van der Waals surface area contributed by atoms with Crippen LogP contribution < -0.4 is 5.32 Å². The highest BCUT2D eigenvalue weighted by molar-refractivity contribution is 5.83. The number of nitrogens with zero attached hydrogens (tertiary/aromatic N) is 4. The Kier molecular flexibility index (Phi) is 3.27. The number of rotatable bonds is 4. The van der Waals surface area contributed by atoms with Crippen LogP contribution in [0.4, 0.5) is 11.5 Å². The van der Waals surface area contributed by atoms with Crippen molar-refractivity contribution in [2.24, 2.45) is 7.05 Å². The Morgan fingerprint density at radius 2 is 2.04 bits per heavy atom. The molecule has 4 aromatic rings. The van der Waals surface area contributed by atoms with Gasteiger partial charge in [0.1, 0.15) is 5.82 Å². The molecule has 0 spiro atoms. The summed E-state index contributed by atoms with van der Waals surface area (Å²) >= 11 is 0. The molecule has 2 N–H and O–H groups in total. The molecule has 0 bridgehead atoms.